The maximum Gasteiger partial charge on any atom is 0.191 e. The molecule has 6 nitrogen and oxygen atoms in total. The summed E-state index contributed by atoms with van der Waals surface area (Å²) in [6.45, 7) is 17.2. The van der Waals surface area contributed by atoms with E-state index in [0.717, 1.165) is 25.6 Å². The zero-order valence-corrected chi connectivity index (χ0v) is 18.1. The molecule has 1 aliphatic heterocycles. The second-order valence-electron chi connectivity index (χ2n) is 7.57. The first kappa shape index (κ1) is 23.2. The Morgan fingerprint density at radius 1 is 1.12 bits per heavy atom. The average molecular weight is 369 g/mol. The molecule has 0 aromatic carbocycles. The smallest absolute Gasteiger partial charge is 0.191 e. The van der Waals surface area contributed by atoms with Crippen LogP contribution in [0.1, 0.15) is 46.5 Å². The van der Waals surface area contributed by atoms with Crippen LogP contribution in [-0.4, -0.2) is 99.7 Å². The zero-order chi connectivity index (χ0) is 19.2. The number of aliphatic imine (C=N–C) groups is 1. The first-order valence-corrected chi connectivity index (χ1v) is 10.7. The van der Waals surface area contributed by atoms with E-state index in [-0.39, 0.29) is 0 Å². The van der Waals surface area contributed by atoms with Crippen LogP contribution in [0.5, 0.6) is 0 Å². The van der Waals surface area contributed by atoms with E-state index in [1.54, 1.807) is 0 Å². The van der Waals surface area contributed by atoms with Crippen molar-refractivity contribution in [2.75, 3.05) is 73.0 Å². The van der Waals surface area contributed by atoms with Gasteiger partial charge in [-0.05, 0) is 78.9 Å². The Morgan fingerprint density at radius 2 is 1.88 bits per heavy atom. The number of rotatable bonds is 11. The molecule has 0 aromatic rings. The Kier molecular flexibility index (Phi) is 12.7. The van der Waals surface area contributed by atoms with Gasteiger partial charge in [0.25, 0.3) is 0 Å². The molecule has 1 aliphatic rings. The third-order valence-electron chi connectivity index (χ3n) is 5.37. The Balaban J connectivity index is 2.14. The number of nitrogens with one attached hydrogen (secondary N) is 2. The standard InChI is InChI=1S/C20H44N6/c1-6-25(7-2)14-8-11-19(3)23-20(21-4)22-12-9-15-26-16-10-13-24(5)17-18-26/h19H,6-18H2,1-5H3,(H2,21,22,23). The minimum Gasteiger partial charge on any atom is -0.356 e. The Labute approximate surface area is 162 Å². The molecule has 1 fully saturated rings. The fourth-order valence-electron chi connectivity index (χ4n) is 3.49. The van der Waals surface area contributed by atoms with Crippen LogP contribution in [0.3, 0.4) is 0 Å². The van der Waals surface area contributed by atoms with Gasteiger partial charge in [0.15, 0.2) is 5.96 Å². The van der Waals surface area contributed by atoms with E-state index in [4.69, 9.17) is 0 Å². The lowest BCUT2D eigenvalue weighted by atomic mass is 10.2. The maximum absolute atomic E-state index is 4.38. The number of guanidine groups is 1. The van der Waals surface area contributed by atoms with Gasteiger partial charge in [0.05, 0.1) is 0 Å². The number of likely N-dealkylation sites (N-methyl/N-ethyl adjacent to an activating group) is 1. The summed E-state index contributed by atoms with van der Waals surface area (Å²) in [6, 6.07) is 0.456. The molecule has 1 unspecified atom stereocenters. The van der Waals surface area contributed by atoms with Crippen molar-refractivity contribution in [3.8, 4) is 0 Å². The highest BCUT2D eigenvalue weighted by Gasteiger charge is 2.11. The molecule has 2 N–H and O–H groups in total. The fourth-order valence-corrected chi connectivity index (χ4v) is 3.49. The molecule has 0 amide bonds. The van der Waals surface area contributed by atoms with Crippen LogP contribution in [0, 0.1) is 0 Å². The number of hydrogen-bond acceptors (Lipinski definition) is 4. The molecule has 1 heterocycles. The second-order valence-corrected chi connectivity index (χ2v) is 7.57. The van der Waals surface area contributed by atoms with Gasteiger partial charge in [0.1, 0.15) is 0 Å². The third-order valence-corrected chi connectivity index (χ3v) is 5.37. The topological polar surface area (TPSA) is 46.1 Å². The predicted molar refractivity (Wildman–Crippen MR) is 114 cm³/mol. The normalized spacial score (nSPS) is 18.8. The van der Waals surface area contributed by atoms with Crippen LogP contribution in [-0.2, 0) is 0 Å². The van der Waals surface area contributed by atoms with Gasteiger partial charge in [-0.25, -0.2) is 0 Å². The van der Waals surface area contributed by atoms with Crippen LogP contribution in [0.2, 0.25) is 0 Å². The van der Waals surface area contributed by atoms with Gasteiger partial charge in [-0.2, -0.15) is 0 Å². The van der Waals surface area contributed by atoms with E-state index in [1.807, 2.05) is 7.05 Å². The monoisotopic (exact) mass is 368 g/mol. The molecule has 0 aliphatic carbocycles. The van der Waals surface area contributed by atoms with Crippen molar-refractivity contribution in [2.24, 2.45) is 4.99 Å². The summed E-state index contributed by atoms with van der Waals surface area (Å²) in [5, 5.41) is 7.01. The van der Waals surface area contributed by atoms with Crippen LogP contribution in [0.15, 0.2) is 4.99 Å². The van der Waals surface area contributed by atoms with E-state index < -0.39 is 0 Å². The van der Waals surface area contributed by atoms with E-state index in [2.05, 4.69) is 58.1 Å². The molecule has 0 radical (unpaired) electrons. The molecular weight excluding hydrogens is 324 g/mol. The number of hydrogen-bond donors (Lipinski definition) is 2. The van der Waals surface area contributed by atoms with Crippen molar-refractivity contribution in [3.63, 3.8) is 0 Å². The molecular formula is C20H44N6. The van der Waals surface area contributed by atoms with Gasteiger partial charge in [-0.1, -0.05) is 13.8 Å². The van der Waals surface area contributed by atoms with E-state index >= 15 is 0 Å². The largest absolute Gasteiger partial charge is 0.356 e. The SMILES string of the molecule is CCN(CC)CCCC(C)NC(=NC)NCCCN1CCCN(C)CC1. The maximum atomic E-state index is 4.38. The number of nitrogens with zero attached hydrogens (tertiary/aromatic N) is 4. The van der Waals surface area contributed by atoms with Crippen molar-refractivity contribution in [2.45, 2.75) is 52.5 Å². The molecule has 0 saturated carbocycles. The van der Waals surface area contributed by atoms with E-state index in [1.165, 1.54) is 65.0 Å². The van der Waals surface area contributed by atoms with Crippen molar-refractivity contribution in [1.82, 2.24) is 25.3 Å². The van der Waals surface area contributed by atoms with Crippen molar-refractivity contribution < 1.29 is 0 Å². The van der Waals surface area contributed by atoms with E-state index in [0.29, 0.717) is 6.04 Å². The third kappa shape index (κ3) is 10.3. The fraction of sp³-hybridized carbons (Fsp3) is 0.950. The lowest BCUT2D eigenvalue weighted by Crippen LogP contribution is -2.43. The highest BCUT2D eigenvalue weighted by molar-refractivity contribution is 5.79. The van der Waals surface area contributed by atoms with Crippen molar-refractivity contribution in [3.05, 3.63) is 0 Å². The summed E-state index contributed by atoms with van der Waals surface area (Å²) in [5.74, 6) is 0.941. The second kappa shape index (κ2) is 14.2. The molecule has 26 heavy (non-hydrogen) atoms. The molecule has 1 saturated heterocycles. The van der Waals surface area contributed by atoms with Gasteiger partial charge in [-0.15, -0.1) is 0 Å². The van der Waals surface area contributed by atoms with Crippen LogP contribution in [0.4, 0.5) is 0 Å². The lowest BCUT2D eigenvalue weighted by Gasteiger charge is -2.22. The summed E-state index contributed by atoms with van der Waals surface area (Å²) in [5.41, 5.74) is 0. The highest BCUT2D eigenvalue weighted by Crippen LogP contribution is 2.02. The lowest BCUT2D eigenvalue weighted by molar-refractivity contribution is 0.273. The molecule has 154 valence electrons. The summed E-state index contributed by atoms with van der Waals surface area (Å²) < 4.78 is 0. The highest BCUT2D eigenvalue weighted by atomic mass is 15.2. The Hall–Kier alpha value is -0.850. The van der Waals surface area contributed by atoms with Gasteiger partial charge in [0, 0.05) is 32.7 Å². The summed E-state index contributed by atoms with van der Waals surface area (Å²) in [6.07, 6.45) is 4.87. The van der Waals surface area contributed by atoms with Crippen molar-refractivity contribution >= 4 is 5.96 Å². The zero-order valence-electron chi connectivity index (χ0n) is 18.1. The Morgan fingerprint density at radius 3 is 2.58 bits per heavy atom. The van der Waals surface area contributed by atoms with Crippen molar-refractivity contribution in [1.29, 1.82) is 0 Å². The van der Waals surface area contributed by atoms with Gasteiger partial charge in [-0.3, -0.25) is 4.99 Å². The average Bonchev–Trinajstić information content (AvgIpc) is 2.85. The molecule has 1 rings (SSSR count). The van der Waals surface area contributed by atoms with Gasteiger partial charge in [0.2, 0.25) is 0 Å². The molecule has 1 atom stereocenters. The predicted octanol–water partition coefficient (Wildman–Crippen LogP) is 1.69. The van der Waals surface area contributed by atoms with Crippen LogP contribution >= 0.6 is 0 Å². The minimum absolute atomic E-state index is 0.456. The molecule has 0 spiro atoms. The summed E-state index contributed by atoms with van der Waals surface area (Å²) in [4.78, 5) is 11.9. The van der Waals surface area contributed by atoms with Gasteiger partial charge >= 0.3 is 0 Å². The minimum atomic E-state index is 0.456. The van der Waals surface area contributed by atoms with Crippen LogP contribution < -0.4 is 10.6 Å². The first-order valence-electron chi connectivity index (χ1n) is 10.7. The van der Waals surface area contributed by atoms with E-state index in [9.17, 15) is 0 Å². The molecule has 6 heteroatoms. The van der Waals surface area contributed by atoms with Gasteiger partial charge < -0.3 is 25.3 Å². The molecule has 0 bridgehead atoms. The molecule has 0 aromatic heterocycles. The quantitative estimate of drug-likeness (QED) is 0.330. The Bertz CT molecular complexity index is 369. The van der Waals surface area contributed by atoms with Crippen LogP contribution in [0.25, 0.3) is 0 Å². The summed E-state index contributed by atoms with van der Waals surface area (Å²) in [7, 11) is 4.09. The summed E-state index contributed by atoms with van der Waals surface area (Å²) >= 11 is 0. The first-order chi connectivity index (χ1) is 12.6.